The van der Waals surface area contributed by atoms with Crippen molar-refractivity contribution in [2.75, 3.05) is 13.2 Å². The Balaban J connectivity index is 1.61. The lowest BCUT2D eigenvalue weighted by Gasteiger charge is -2.18. The van der Waals surface area contributed by atoms with E-state index in [0.29, 0.717) is 16.9 Å². The number of benzene rings is 3. The summed E-state index contributed by atoms with van der Waals surface area (Å²) < 4.78 is 38.7. The van der Waals surface area contributed by atoms with Crippen molar-refractivity contribution in [1.82, 2.24) is 10.1 Å². The Labute approximate surface area is 216 Å². The van der Waals surface area contributed by atoms with Crippen molar-refractivity contribution in [2.45, 2.75) is 31.2 Å². The number of nitrogens with zero attached hydrogens (tertiary/aromatic N) is 1. The third-order valence-electron chi connectivity index (χ3n) is 5.17. The van der Waals surface area contributed by atoms with Crippen LogP contribution in [-0.4, -0.2) is 39.7 Å². The summed E-state index contributed by atoms with van der Waals surface area (Å²) in [5, 5.41) is 3.96. The van der Waals surface area contributed by atoms with Crippen molar-refractivity contribution in [3.8, 4) is 5.75 Å². The van der Waals surface area contributed by atoms with E-state index < -0.39 is 27.9 Å². The number of ether oxygens (including phenoxy) is 2. The molecule has 3 aromatic rings. The van der Waals surface area contributed by atoms with E-state index in [0.717, 1.165) is 5.56 Å². The lowest BCUT2D eigenvalue weighted by molar-refractivity contribution is -0.145. The lowest BCUT2D eigenvalue weighted by atomic mass is 10.0. The summed E-state index contributed by atoms with van der Waals surface area (Å²) in [5.74, 6) is -0.433. The van der Waals surface area contributed by atoms with Crippen LogP contribution in [0.25, 0.3) is 0 Å². The van der Waals surface area contributed by atoms with Gasteiger partial charge in [-0.3, -0.25) is 4.79 Å². The lowest BCUT2D eigenvalue weighted by Crippen LogP contribution is -2.32. The van der Waals surface area contributed by atoms with E-state index in [1.165, 1.54) is 18.3 Å². The van der Waals surface area contributed by atoms with E-state index in [-0.39, 0.29) is 24.5 Å². The number of carbonyl (C=O) groups excluding carboxylic acids is 2. The minimum Gasteiger partial charge on any atom is -0.482 e. The molecule has 0 unspecified atom stereocenters. The Kier molecular flexibility index (Phi) is 9.93. The molecule has 0 saturated heterocycles. The zero-order valence-corrected chi connectivity index (χ0v) is 21.4. The largest absolute Gasteiger partial charge is 0.482 e. The Morgan fingerprint density at radius 1 is 0.973 bits per heavy atom. The van der Waals surface area contributed by atoms with E-state index in [1.807, 2.05) is 13.0 Å². The van der Waals surface area contributed by atoms with E-state index >= 15 is 0 Å². The molecule has 0 aliphatic carbocycles. The van der Waals surface area contributed by atoms with Crippen molar-refractivity contribution < 1.29 is 27.5 Å². The number of carbonyl (C=O) groups is 2. The fourth-order valence-electron chi connectivity index (χ4n) is 3.29. The molecule has 0 bridgehead atoms. The number of amides is 1. The highest BCUT2D eigenvalue weighted by Gasteiger charge is 2.23. The first kappa shape index (κ1) is 27.6. The van der Waals surface area contributed by atoms with Crippen LogP contribution in [0.5, 0.6) is 5.75 Å². The van der Waals surface area contributed by atoms with Crippen LogP contribution in [0.1, 0.15) is 36.1 Å². The molecule has 3 aromatic carbocycles. The molecule has 2 N–H and O–H groups in total. The van der Waals surface area contributed by atoms with Crippen molar-refractivity contribution in [3.63, 3.8) is 0 Å². The first-order chi connectivity index (χ1) is 17.8. The monoisotopic (exact) mass is 523 g/mol. The summed E-state index contributed by atoms with van der Waals surface area (Å²) >= 11 is 0. The zero-order chi connectivity index (χ0) is 26.7. The molecule has 0 heterocycles. The highest BCUT2D eigenvalue weighted by molar-refractivity contribution is 7.89. The van der Waals surface area contributed by atoms with Gasteiger partial charge in [-0.1, -0.05) is 48.0 Å². The molecule has 0 spiro atoms. The number of esters is 1. The molecule has 0 aliphatic heterocycles. The molecule has 1 atom stereocenters. The summed E-state index contributed by atoms with van der Waals surface area (Å²) in [6, 6.07) is 21.3. The highest BCUT2D eigenvalue weighted by Crippen LogP contribution is 2.21. The van der Waals surface area contributed by atoms with Gasteiger partial charge in [-0.25, -0.2) is 23.4 Å². The first-order valence-corrected chi connectivity index (χ1v) is 13.1. The second kappa shape index (κ2) is 13.3. The highest BCUT2D eigenvalue weighted by atomic mass is 32.2. The third kappa shape index (κ3) is 8.85. The summed E-state index contributed by atoms with van der Waals surface area (Å²) in [6.45, 7) is 3.69. The van der Waals surface area contributed by atoms with E-state index in [4.69, 9.17) is 9.47 Å². The summed E-state index contributed by atoms with van der Waals surface area (Å²) in [4.78, 5) is 24.1. The van der Waals surface area contributed by atoms with Gasteiger partial charge in [0.2, 0.25) is 15.9 Å². The van der Waals surface area contributed by atoms with E-state index in [2.05, 4.69) is 15.2 Å². The molecule has 37 heavy (non-hydrogen) atoms. The molecule has 3 rings (SSSR count). The van der Waals surface area contributed by atoms with Gasteiger partial charge >= 0.3 is 5.97 Å². The SMILES string of the molecule is CCOC(=O)COc1ccc(/C=N\NC(=O)C[C@H](NS(=O)(=O)c2ccc(C)cc2)c2ccccc2)cc1. The van der Waals surface area contributed by atoms with Crippen molar-refractivity contribution in [1.29, 1.82) is 0 Å². The second-order valence-corrected chi connectivity index (χ2v) is 9.77. The second-order valence-electron chi connectivity index (χ2n) is 8.06. The Bertz CT molecular complexity index is 1310. The van der Waals surface area contributed by atoms with Gasteiger partial charge in [-0.2, -0.15) is 5.10 Å². The minimum atomic E-state index is -3.86. The molecular weight excluding hydrogens is 494 g/mol. The maximum atomic E-state index is 12.9. The summed E-state index contributed by atoms with van der Waals surface area (Å²) in [5.41, 5.74) is 4.71. The molecule has 0 aromatic heterocycles. The predicted molar refractivity (Wildman–Crippen MR) is 140 cm³/mol. The number of aryl methyl sites for hydroxylation is 1. The zero-order valence-electron chi connectivity index (χ0n) is 20.6. The van der Waals surface area contributed by atoms with Gasteiger partial charge in [0, 0.05) is 6.42 Å². The van der Waals surface area contributed by atoms with Gasteiger partial charge in [0.05, 0.1) is 23.8 Å². The van der Waals surface area contributed by atoms with Crippen LogP contribution in [-0.2, 0) is 24.3 Å². The molecule has 0 radical (unpaired) electrons. The molecule has 9 nitrogen and oxygen atoms in total. The number of hydrazone groups is 1. The van der Waals surface area contributed by atoms with E-state index in [9.17, 15) is 18.0 Å². The van der Waals surface area contributed by atoms with Crippen LogP contribution in [0.4, 0.5) is 0 Å². The van der Waals surface area contributed by atoms with Gasteiger partial charge < -0.3 is 9.47 Å². The smallest absolute Gasteiger partial charge is 0.344 e. The van der Waals surface area contributed by atoms with Crippen LogP contribution < -0.4 is 14.9 Å². The Morgan fingerprint density at radius 3 is 2.30 bits per heavy atom. The Hall–Kier alpha value is -4.02. The normalized spacial score (nSPS) is 12.2. The molecule has 0 saturated carbocycles. The van der Waals surface area contributed by atoms with Crippen molar-refractivity contribution >= 4 is 28.1 Å². The molecular formula is C27H29N3O6S. The quantitative estimate of drug-likeness (QED) is 0.213. The van der Waals surface area contributed by atoms with Gasteiger partial charge in [-0.15, -0.1) is 0 Å². The summed E-state index contributed by atoms with van der Waals surface area (Å²) in [6.07, 6.45) is 1.29. The molecule has 1 amide bonds. The fourth-order valence-corrected chi connectivity index (χ4v) is 4.51. The average Bonchev–Trinajstić information content (AvgIpc) is 2.89. The van der Waals surface area contributed by atoms with Crippen LogP contribution in [0.3, 0.4) is 0 Å². The van der Waals surface area contributed by atoms with Crippen LogP contribution in [0.15, 0.2) is 88.9 Å². The van der Waals surface area contributed by atoms with Crippen molar-refractivity contribution in [2.24, 2.45) is 5.10 Å². The van der Waals surface area contributed by atoms with Crippen molar-refractivity contribution in [3.05, 3.63) is 95.6 Å². The Morgan fingerprint density at radius 2 is 1.65 bits per heavy atom. The van der Waals surface area contributed by atoms with Crippen LogP contribution in [0.2, 0.25) is 0 Å². The molecule has 0 fully saturated rings. The third-order valence-corrected chi connectivity index (χ3v) is 6.65. The summed E-state index contributed by atoms with van der Waals surface area (Å²) in [7, 11) is -3.86. The number of hydrogen-bond donors (Lipinski definition) is 2. The first-order valence-electron chi connectivity index (χ1n) is 11.6. The maximum Gasteiger partial charge on any atom is 0.344 e. The van der Waals surface area contributed by atoms with Gasteiger partial charge in [0.25, 0.3) is 0 Å². The van der Waals surface area contributed by atoms with E-state index in [1.54, 1.807) is 67.6 Å². The van der Waals surface area contributed by atoms with Gasteiger partial charge in [0.15, 0.2) is 6.61 Å². The average molecular weight is 524 g/mol. The molecule has 194 valence electrons. The predicted octanol–water partition coefficient (Wildman–Crippen LogP) is 3.50. The standard InChI is InChI=1S/C27H29N3O6S/c1-3-35-27(32)19-36-23-13-11-21(12-14-23)18-28-29-26(31)17-25(22-7-5-4-6-8-22)30-37(33,34)24-15-9-20(2)10-16-24/h4-16,18,25,30H,3,17,19H2,1-2H3,(H,29,31)/b28-18-/t25-/m0/s1. The minimum absolute atomic E-state index is 0.118. The maximum absolute atomic E-state index is 12.9. The number of nitrogens with one attached hydrogen (secondary N) is 2. The van der Waals surface area contributed by atoms with Gasteiger partial charge in [-0.05, 0) is 61.4 Å². The topological polar surface area (TPSA) is 123 Å². The van der Waals surface area contributed by atoms with Crippen LogP contribution >= 0.6 is 0 Å². The fraction of sp³-hybridized carbons (Fsp3) is 0.222. The van der Waals surface area contributed by atoms with Gasteiger partial charge in [0.1, 0.15) is 5.75 Å². The van der Waals surface area contributed by atoms with Crippen LogP contribution in [0, 0.1) is 6.92 Å². The number of hydrogen-bond acceptors (Lipinski definition) is 7. The number of sulfonamides is 1. The molecule has 10 heteroatoms. The number of rotatable bonds is 12. The molecule has 0 aliphatic rings.